The number of carbonyl (C=O) groups excluding carboxylic acids is 3. The van der Waals surface area contributed by atoms with E-state index in [1.807, 2.05) is 45.1 Å². The molecule has 1 saturated heterocycles. The van der Waals surface area contributed by atoms with Crippen molar-refractivity contribution >= 4 is 26.0 Å². The molecule has 0 spiro atoms. The highest BCUT2D eigenvalue weighted by Gasteiger charge is 2.50. The highest BCUT2D eigenvalue weighted by atomic mass is 28.4. The zero-order valence-corrected chi connectivity index (χ0v) is 32.1. The minimum atomic E-state index is -2.27. The fraction of sp³-hybridized carbons (Fsp3) is 0.757. The van der Waals surface area contributed by atoms with Crippen LogP contribution in [-0.2, 0) is 37.8 Å². The van der Waals surface area contributed by atoms with Gasteiger partial charge in [-0.15, -0.1) is 0 Å². The molecule has 2 aliphatic heterocycles. The zero-order chi connectivity index (χ0) is 35.9. The first-order chi connectivity index (χ1) is 21.6. The van der Waals surface area contributed by atoms with Gasteiger partial charge in [0.2, 0.25) is 0 Å². The van der Waals surface area contributed by atoms with Crippen molar-refractivity contribution in [2.24, 2.45) is 17.8 Å². The molecule has 2 rings (SSSR count). The number of esters is 2. The predicted octanol–water partition coefficient (Wildman–Crippen LogP) is 6.88. The van der Waals surface area contributed by atoms with Crippen LogP contribution in [0, 0.1) is 17.8 Å². The highest BCUT2D eigenvalue weighted by Crippen LogP contribution is 2.39. The van der Waals surface area contributed by atoms with Gasteiger partial charge in [-0.05, 0) is 62.9 Å². The number of epoxide rings is 1. The Kier molecular flexibility index (Phi) is 14.9. The summed E-state index contributed by atoms with van der Waals surface area (Å²) in [4.78, 5) is 38.5. The van der Waals surface area contributed by atoms with Crippen molar-refractivity contribution in [3.63, 3.8) is 0 Å². The standard InChI is InChI=1S/C37H62O9Si/c1-14-29(42-11)26(5)34-35(45-34)32(40)23(2)16-15-17-24(3)33-25(4)18-19-30(43-27(6)38)37(10,41)21-20-28(22-31(39)44-33)46-47(12,13)36(7,8)9/h15-19,23,25-26,28-30,33-35,41H,14,20-22H2,1-13H3/b16-15+,19-18+,24-17+/t23?,25-,26+,28+,29-,30-,33?,34+,35+,37+/m0/s1. The van der Waals surface area contributed by atoms with Crippen LogP contribution in [0.4, 0.5) is 0 Å². The van der Waals surface area contributed by atoms with Crippen LogP contribution in [0.3, 0.4) is 0 Å². The fourth-order valence-corrected chi connectivity index (χ4v) is 7.24. The predicted molar refractivity (Wildman–Crippen MR) is 186 cm³/mol. The number of aliphatic hydroxyl groups is 1. The SMILES string of the molecule is CC[C@H](OC)[C@@H](C)[C@H]1O[C@@H]1C(=O)C(C)/C=C/C=C(\C)C1OC(=O)C[C@H](O[Si](C)(C)C(C)(C)C)CC[C@@](C)(O)[C@@H](OC(C)=O)/C=C/[C@@H]1C. The maximum Gasteiger partial charge on any atom is 0.308 e. The lowest BCUT2D eigenvalue weighted by molar-refractivity contribution is -0.157. The van der Waals surface area contributed by atoms with Gasteiger partial charge in [0, 0.05) is 31.8 Å². The second kappa shape index (κ2) is 17.0. The van der Waals surface area contributed by atoms with E-state index in [1.54, 1.807) is 20.1 Å². The number of cyclic esters (lactones) is 1. The third-order valence-corrected chi connectivity index (χ3v) is 14.7. The number of hydrogen-bond acceptors (Lipinski definition) is 9. The fourth-order valence-electron chi connectivity index (χ4n) is 5.85. The summed E-state index contributed by atoms with van der Waals surface area (Å²) in [5.74, 6) is -1.41. The number of allylic oxidation sites excluding steroid dienone is 3. The van der Waals surface area contributed by atoms with Gasteiger partial charge in [0.15, 0.2) is 14.1 Å². The maximum atomic E-state index is 13.5. The molecule has 0 bridgehead atoms. The third-order valence-electron chi connectivity index (χ3n) is 10.1. The monoisotopic (exact) mass is 678 g/mol. The maximum absolute atomic E-state index is 13.5. The third kappa shape index (κ3) is 11.8. The number of hydrogen-bond donors (Lipinski definition) is 1. The second-order valence-corrected chi connectivity index (χ2v) is 20.1. The summed E-state index contributed by atoms with van der Waals surface area (Å²) in [6.07, 6.45) is 8.01. The van der Waals surface area contributed by atoms with Crippen LogP contribution in [0.2, 0.25) is 18.1 Å². The van der Waals surface area contributed by atoms with E-state index in [1.165, 1.54) is 6.92 Å². The lowest BCUT2D eigenvalue weighted by Gasteiger charge is -2.40. The number of rotatable bonds is 12. The van der Waals surface area contributed by atoms with Gasteiger partial charge in [0.25, 0.3) is 0 Å². The molecule has 10 heteroatoms. The van der Waals surface area contributed by atoms with Crippen molar-refractivity contribution in [1.29, 1.82) is 0 Å². The van der Waals surface area contributed by atoms with Gasteiger partial charge in [0.05, 0.1) is 24.7 Å². The first-order valence-corrected chi connectivity index (χ1v) is 20.1. The molecule has 0 aromatic carbocycles. The van der Waals surface area contributed by atoms with E-state index in [0.29, 0.717) is 6.42 Å². The molecule has 0 aliphatic carbocycles. The van der Waals surface area contributed by atoms with Crippen LogP contribution in [0.1, 0.15) is 94.9 Å². The van der Waals surface area contributed by atoms with Crippen LogP contribution < -0.4 is 0 Å². The van der Waals surface area contributed by atoms with E-state index in [4.69, 9.17) is 23.4 Å². The van der Waals surface area contributed by atoms with Crippen LogP contribution >= 0.6 is 0 Å². The van der Waals surface area contributed by atoms with Gasteiger partial charge in [-0.1, -0.05) is 72.8 Å². The summed E-state index contributed by atoms with van der Waals surface area (Å²) in [5.41, 5.74) is -0.601. The number of methoxy groups -OCH3 is 1. The average Bonchev–Trinajstić information content (AvgIpc) is 3.76. The Labute approximate surface area is 284 Å². The summed E-state index contributed by atoms with van der Waals surface area (Å²) in [5, 5.41) is 11.4. The highest BCUT2D eigenvalue weighted by molar-refractivity contribution is 6.74. The molecule has 9 nitrogen and oxygen atoms in total. The molecular formula is C37H62O9Si. The summed E-state index contributed by atoms with van der Waals surface area (Å²) in [6.45, 7) is 23.4. The second-order valence-electron chi connectivity index (χ2n) is 15.3. The summed E-state index contributed by atoms with van der Waals surface area (Å²) >= 11 is 0. The van der Waals surface area contributed by atoms with E-state index in [9.17, 15) is 19.5 Å². The van der Waals surface area contributed by atoms with Crippen molar-refractivity contribution < 1.29 is 42.9 Å². The Bertz CT molecular complexity index is 1160. The Morgan fingerprint density at radius 1 is 1.17 bits per heavy atom. The van der Waals surface area contributed by atoms with E-state index in [0.717, 1.165) is 12.0 Å². The molecule has 0 saturated carbocycles. The lowest BCUT2D eigenvalue weighted by Crippen LogP contribution is -2.46. The molecule has 0 aromatic heterocycles. The summed E-state index contributed by atoms with van der Waals surface area (Å²) in [7, 11) is -0.584. The van der Waals surface area contributed by atoms with Gasteiger partial charge >= 0.3 is 11.9 Å². The summed E-state index contributed by atoms with van der Waals surface area (Å²) in [6, 6.07) is 0. The van der Waals surface area contributed by atoms with Crippen LogP contribution in [0.25, 0.3) is 0 Å². The van der Waals surface area contributed by atoms with Crippen molar-refractivity contribution in [3.8, 4) is 0 Å². The molecule has 268 valence electrons. The molecule has 1 N–H and O–H groups in total. The molecule has 47 heavy (non-hydrogen) atoms. The Morgan fingerprint density at radius 2 is 1.81 bits per heavy atom. The topological polar surface area (TPSA) is 121 Å². The Morgan fingerprint density at radius 3 is 2.36 bits per heavy atom. The quantitative estimate of drug-likeness (QED) is 0.0774. The molecule has 0 radical (unpaired) electrons. The molecule has 2 aliphatic rings. The molecule has 10 atom stereocenters. The molecule has 2 heterocycles. The van der Waals surface area contributed by atoms with E-state index in [-0.39, 0.29) is 59.6 Å². The number of ketones is 1. The molecule has 0 amide bonds. The minimum Gasteiger partial charge on any atom is -0.457 e. The molecule has 2 unspecified atom stereocenters. The first kappa shape index (κ1) is 41.1. The van der Waals surface area contributed by atoms with Gasteiger partial charge < -0.3 is 28.5 Å². The summed E-state index contributed by atoms with van der Waals surface area (Å²) < 4.78 is 29.6. The minimum absolute atomic E-state index is 0.0279. The van der Waals surface area contributed by atoms with E-state index < -0.39 is 44.3 Å². The normalized spacial score (nSPS) is 32.4. The van der Waals surface area contributed by atoms with Crippen LogP contribution in [0.15, 0.2) is 36.0 Å². The largest absolute Gasteiger partial charge is 0.457 e. The van der Waals surface area contributed by atoms with Crippen molar-refractivity contribution in [3.05, 3.63) is 36.0 Å². The van der Waals surface area contributed by atoms with Gasteiger partial charge in [0.1, 0.15) is 23.9 Å². The smallest absolute Gasteiger partial charge is 0.308 e. The van der Waals surface area contributed by atoms with Crippen LogP contribution in [0.5, 0.6) is 0 Å². The van der Waals surface area contributed by atoms with Crippen molar-refractivity contribution in [2.45, 2.75) is 155 Å². The number of ether oxygens (including phenoxy) is 4. The zero-order valence-electron chi connectivity index (χ0n) is 31.1. The Balaban J connectivity index is 2.32. The van der Waals surface area contributed by atoms with Crippen molar-refractivity contribution in [2.75, 3.05) is 7.11 Å². The van der Waals surface area contributed by atoms with Gasteiger partial charge in [-0.3, -0.25) is 14.4 Å². The number of carbonyl (C=O) groups is 3. The van der Waals surface area contributed by atoms with Gasteiger partial charge in [-0.25, -0.2) is 0 Å². The van der Waals surface area contributed by atoms with Gasteiger partial charge in [-0.2, -0.15) is 0 Å². The van der Waals surface area contributed by atoms with E-state index >= 15 is 0 Å². The molecular weight excluding hydrogens is 616 g/mol. The Hall–Kier alpha value is -2.11. The lowest BCUT2D eigenvalue weighted by atomic mass is 9.88. The van der Waals surface area contributed by atoms with Crippen LogP contribution in [-0.4, -0.2) is 80.5 Å². The molecule has 1 fully saturated rings. The first-order valence-electron chi connectivity index (χ1n) is 17.2. The molecule has 0 aromatic rings. The van der Waals surface area contributed by atoms with Crippen molar-refractivity contribution in [1.82, 2.24) is 0 Å². The number of Topliss-reactive ketones (excluding diaryl/α,β-unsaturated/α-hetero) is 1. The van der Waals surface area contributed by atoms with E-state index in [2.05, 4.69) is 47.7 Å². The average molecular weight is 679 g/mol.